The molecule has 1 aliphatic carbocycles. The summed E-state index contributed by atoms with van der Waals surface area (Å²) >= 11 is 0. The molecule has 10 nitrogen and oxygen atoms in total. The Morgan fingerprint density at radius 3 is 2.45 bits per heavy atom. The maximum atomic E-state index is 14.8. The number of rotatable bonds is 11. The number of sulfone groups is 1. The Kier molecular flexibility index (Phi) is 8.39. The van der Waals surface area contributed by atoms with Crippen LogP contribution in [0.3, 0.4) is 0 Å². The monoisotopic (exact) mass is 623 g/mol. The number of likely N-dealkylation sites (tertiary alicyclic amines) is 1. The lowest BCUT2D eigenvalue weighted by Crippen LogP contribution is -2.52. The Balaban J connectivity index is 1.68. The number of halogens is 1. The number of carbonyl (C=O) groups is 3. The molecule has 1 aliphatic heterocycles. The van der Waals surface area contributed by atoms with Crippen molar-refractivity contribution in [2.24, 2.45) is 11.7 Å². The summed E-state index contributed by atoms with van der Waals surface area (Å²) in [5, 5.41) is 13.0. The van der Waals surface area contributed by atoms with Crippen LogP contribution in [0.1, 0.15) is 60.1 Å². The highest BCUT2D eigenvalue weighted by Gasteiger charge is 2.57. The molecule has 3 aromatic rings. The molecule has 0 unspecified atom stereocenters. The number of nitrogens with two attached hydrogens (primary N) is 1. The second kappa shape index (κ2) is 11.9. The molecule has 1 heterocycles. The van der Waals surface area contributed by atoms with E-state index >= 15 is 0 Å². The van der Waals surface area contributed by atoms with Crippen molar-refractivity contribution in [3.8, 4) is 5.75 Å². The first-order chi connectivity index (χ1) is 20.9. The van der Waals surface area contributed by atoms with Gasteiger partial charge in [0.25, 0.3) is 0 Å². The molecule has 12 heteroatoms. The normalized spacial score (nSPS) is 20.6. The topological polar surface area (TPSA) is 156 Å². The van der Waals surface area contributed by atoms with Gasteiger partial charge in [-0.3, -0.25) is 14.4 Å². The molecule has 2 amide bonds. The number of methoxy groups -OCH3 is 1. The lowest BCUT2D eigenvalue weighted by molar-refractivity contribution is -0.148. The van der Waals surface area contributed by atoms with Crippen LogP contribution >= 0.6 is 0 Å². The maximum absolute atomic E-state index is 14.8. The van der Waals surface area contributed by atoms with Crippen LogP contribution in [0.25, 0.3) is 0 Å². The first-order valence-electron chi connectivity index (χ1n) is 14.3. The number of carbonyl (C=O) groups excluding carboxylic acids is 2. The van der Waals surface area contributed by atoms with Crippen LogP contribution < -0.4 is 15.8 Å². The van der Waals surface area contributed by atoms with Crippen molar-refractivity contribution in [2.75, 3.05) is 19.0 Å². The van der Waals surface area contributed by atoms with Crippen LogP contribution in [0.5, 0.6) is 5.75 Å². The maximum Gasteiger partial charge on any atom is 0.309 e. The minimum atomic E-state index is -3.78. The summed E-state index contributed by atoms with van der Waals surface area (Å²) in [6, 6.07) is 15.2. The van der Waals surface area contributed by atoms with Gasteiger partial charge in [-0.05, 0) is 73.2 Å². The zero-order valence-corrected chi connectivity index (χ0v) is 25.1. The summed E-state index contributed by atoms with van der Waals surface area (Å²) in [5.74, 6) is -4.25. The molecule has 3 aromatic carbocycles. The summed E-state index contributed by atoms with van der Waals surface area (Å²) < 4.78 is 46.9. The van der Waals surface area contributed by atoms with Gasteiger partial charge in [-0.25, -0.2) is 12.8 Å². The third-order valence-corrected chi connectivity index (χ3v) is 11.0. The Morgan fingerprint density at radius 1 is 1.09 bits per heavy atom. The zero-order chi connectivity index (χ0) is 31.8. The second-order valence-corrected chi connectivity index (χ2v) is 13.3. The number of carboxylic acids is 1. The minimum Gasteiger partial charge on any atom is -0.494 e. The SMILES string of the molecule is CC[C@]1(c2ccccc2S(=O)(=O)C2CC2)[C@@H](C(=O)O)CCN1C(=O)[C@H](Nc1cccc(C(N)=O)c1)c1ccc(F)c(OC)c1. The highest BCUT2D eigenvalue weighted by atomic mass is 32.2. The van der Waals surface area contributed by atoms with Crippen LogP contribution in [-0.2, 0) is 25.0 Å². The number of hydrogen-bond donors (Lipinski definition) is 3. The lowest BCUT2D eigenvalue weighted by atomic mass is 9.76. The molecule has 0 spiro atoms. The fourth-order valence-electron chi connectivity index (χ4n) is 6.34. The third-order valence-electron chi connectivity index (χ3n) is 8.64. The number of nitrogens with zero attached hydrogens (tertiary/aromatic N) is 1. The molecule has 2 aliphatic rings. The van der Waals surface area contributed by atoms with E-state index in [1.54, 1.807) is 37.3 Å². The first kappa shape index (κ1) is 31.0. The van der Waals surface area contributed by atoms with E-state index in [1.807, 2.05) is 0 Å². The van der Waals surface area contributed by atoms with E-state index in [4.69, 9.17) is 10.5 Å². The van der Waals surface area contributed by atoms with E-state index in [0.717, 1.165) is 6.07 Å². The molecule has 44 heavy (non-hydrogen) atoms. The Labute approximate surface area is 254 Å². The molecule has 5 rings (SSSR count). The molecule has 2 fully saturated rings. The zero-order valence-electron chi connectivity index (χ0n) is 24.3. The summed E-state index contributed by atoms with van der Waals surface area (Å²) in [6.45, 7) is 1.76. The lowest BCUT2D eigenvalue weighted by Gasteiger charge is -2.43. The Hall–Kier alpha value is -4.45. The molecule has 3 atom stereocenters. The number of primary amides is 1. The molecular formula is C32H34FN3O7S. The number of aliphatic carboxylic acids is 1. The highest BCUT2D eigenvalue weighted by molar-refractivity contribution is 7.92. The predicted octanol–water partition coefficient (Wildman–Crippen LogP) is 4.26. The van der Waals surface area contributed by atoms with E-state index in [0.29, 0.717) is 24.1 Å². The van der Waals surface area contributed by atoms with Crippen LogP contribution in [0.2, 0.25) is 0 Å². The van der Waals surface area contributed by atoms with Gasteiger partial charge in [0.2, 0.25) is 11.8 Å². The summed E-state index contributed by atoms with van der Waals surface area (Å²) in [4.78, 5) is 40.9. The van der Waals surface area contributed by atoms with E-state index in [1.165, 1.54) is 42.3 Å². The molecule has 1 saturated heterocycles. The molecular weight excluding hydrogens is 589 g/mol. The fourth-order valence-corrected chi connectivity index (χ4v) is 8.27. The van der Waals surface area contributed by atoms with Crippen molar-refractivity contribution in [3.05, 3.63) is 89.2 Å². The Morgan fingerprint density at radius 2 is 1.82 bits per heavy atom. The molecule has 0 aromatic heterocycles. The van der Waals surface area contributed by atoms with Crippen molar-refractivity contribution in [1.29, 1.82) is 0 Å². The molecule has 4 N–H and O–H groups in total. The van der Waals surface area contributed by atoms with Gasteiger partial charge in [0.05, 0.1) is 28.7 Å². The number of amides is 2. The van der Waals surface area contributed by atoms with Crippen molar-refractivity contribution in [3.63, 3.8) is 0 Å². The molecule has 0 radical (unpaired) electrons. The van der Waals surface area contributed by atoms with Crippen LogP contribution in [0.15, 0.2) is 71.6 Å². The third kappa shape index (κ3) is 5.38. The van der Waals surface area contributed by atoms with Gasteiger partial charge in [-0.1, -0.05) is 37.3 Å². The van der Waals surface area contributed by atoms with Gasteiger partial charge < -0.3 is 25.8 Å². The van der Waals surface area contributed by atoms with E-state index in [9.17, 15) is 32.3 Å². The van der Waals surface area contributed by atoms with Gasteiger partial charge in [-0.15, -0.1) is 0 Å². The standard InChI is InChI=1S/C32H34FN3O7S/c1-3-32(23-9-4-5-10-27(23)44(41,42)22-12-13-22)24(31(39)40)15-16-36(32)30(38)28(19-11-14-25(33)26(18-19)43-2)35-21-8-6-7-20(17-21)29(34)37/h4-11,14,17-18,22,24,28,35H,3,12-13,15-16H2,1-2H3,(H2,34,37)(H,39,40)/t24-,28-,32+/m1/s1. The minimum absolute atomic E-state index is 0.0254. The number of benzene rings is 3. The number of ether oxygens (including phenoxy) is 1. The van der Waals surface area contributed by atoms with E-state index < -0.39 is 56.2 Å². The molecule has 1 saturated carbocycles. The summed E-state index contributed by atoms with van der Waals surface area (Å²) in [7, 11) is -2.48. The number of anilines is 1. The molecule has 0 bridgehead atoms. The number of hydrogen-bond acceptors (Lipinski definition) is 7. The summed E-state index contributed by atoms with van der Waals surface area (Å²) in [6.07, 6.45) is 1.24. The van der Waals surface area contributed by atoms with Gasteiger partial charge >= 0.3 is 5.97 Å². The van der Waals surface area contributed by atoms with Crippen molar-refractivity contribution in [1.82, 2.24) is 4.90 Å². The van der Waals surface area contributed by atoms with Crippen molar-refractivity contribution in [2.45, 2.75) is 54.3 Å². The smallest absolute Gasteiger partial charge is 0.309 e. The van der Waals surface area contributed by atoms with Crippen molar-refractivity contribution < 1.29 is 37.0 Å². The van der Waals surface area contributed by atoms with Gasteiger partial charge in [0, 0.05) is 17.8 Å². The van der Waals surface area contributed by atoms with Gasteiger partial charge in [0.15, 0.2) is 21.4 Å². The highest BCUT2D eigenvalue weighted by Crippen LogP contribution is 2.50. The van der Waals surface area contributed by atoms with E-state index in [2.05, 4.69) is 5.32 Å². The number of carboxylic acid groups (broad SMARTS) is 1. The van der Waals surface area contributed by atoms with Crippen molar-refractivity contribution >= 4 is 33.3 Å². The largest absolute Gasteiger partial charge is 0.494 e. The van der Waals surface area contributed by atoms with E-state index in [-0.39, 0.29) is 41.2 Å². The van der Waals surface area contributed by atoms with Gasteiger partial charge in [0.1, 0.15) is 6.04 Å². The van der Waals surface area contributed by atoms with Crippen LogP contribution in [0, 0.1) is 11.7 Å². The van der Waals surface area contributed by atoms with Crippen LogP contribution in [-0.4, -0.2) is 55.1 Å². The quantitative estimate of drug-likeness (QED) is 0.286. The predicted molar refractivity (Wildman–Crippen MR) is 160 cm³/mol. The first-order valence-corrected chi connectivity index (χ1v) is 15.9. The van der Waals surface area contributed by atoms with Crippen LogP contribution in [0.4, 0.5) is 10.1 Å². The number of nitrogens with one attached hydrogen (secondary N) is 1. The second-order valence-electron chi connectivity index (χ2n) is 11.1. The molecule has 232 valence electrons. The van der Waals surface area contributed by atoms with Gasteiger partial charge in [-0.2, -0.15) is 0 Å². The average Bonchev–Trinajstić information content (AvgIpc) is 3.81. The fraction of sp³-hybridized carbons (Fsp3) is 0.344. The average molecular weight is 624 g/mol. The Bertz CT molecular complexity index is 1730. The summed E-state index contributed by atoms with van der Waals surface area (Å²) in [5.41, 5.74) is 5.07.